The summed E-state index contributed by atoms with van der Waals surface area (Å²) in [5, 5.41) is 8.80. The lowest BCUT2D eigenvalue weighted by Crippen LogP contribution is -1.92. The Morgan fingerprint density at radius 1 is 1.25 bits per heavy atom. The number of aliphatic hydroxyl groups excluding tert-OH is 1. The second-order valence-corrected chi connectivity index (χ2v) is 4.56. The highest BCUT2D eigenvalue weighted by atomic mass is 16.2. The molecule has 1 nitrogen and oxygen atoms in total. The van der Waals surface area contributed by atoms with Crippen molar-refractivity contribution < 1.29 is 5.11 Å². The fraction of sp³-hybridized carbons (Fsp3) is 0.467. The second-order valence-electron chi connectivity index (χ2n) is 4.56. The van der Waals surface area contributed by atoms with E-state index in [-0.39, 0.29) is 6.61 Å². The van der Waals surface area contributed by atoms with Crippen LogP contribution in [-0.2, 0) is 0 Å². The number of rotatable bonds is 6. The van der Waals surface area contributed by atoms with E-state index in [1.165, 1.54) is 11.1 Å². The summed E-state index contributed by atoms with van der Waals surface area (Å²) in [6, 6.07) is 10.5. The molecule has 0 aliphatic heterocycles. The summed E-state index contributed by atoms with van der Waals surface area (Å²) in [6.45, 7) is 4.76. The van der Waals surface area contributed by atoms with Gasteiger partial charge in [0.15, 0.2) is 0 Å². The zero-order valence-corrected chi connectivity index (χ0v) is 10.3. The van der Waals surface area contributed by atoms with Crippen molar-refractivity contribution in [1.82, 2.24) is 0 Å². The summed E-state index contributed by atoms with van der Waals surface area (Å²) in [5.74, 6) is 0.667. The third kappa shape index (κ3) is 4.63. The molecule has 16 heavy (non-hydrogen) atoms. The topological polar surface area (TPSA) is 20.2 Å². The van der Waals surface area contributed by atoms with Crippen molar-refractivity contribution in [2.24, 2.45) is 5.92 Å². The van der Waals surface area contributed by atoms with Gasteiger partial charge in [0.2, 0.25) is 0 Å². The maximum atomic E-state index is 8.80. The molecule has 1 N–H and O–H groups in total. The Kier molecular flexibility index (Phi) is 5.87. The molecule has 0 unspecified atom stereocenters. The molecule has 0 aromatic heterocycles. The molecular formula is C15H22O. The van der Waals surface area contributed by atoms with Gasteiger partial charge in [-0.05, 0) is 36.3 Å². The van der Waals surface area contributed by atoms with Crippen molar-refractivity contribution in [3.05, 3.63) is 42.0 Å². The number of unbranched alkanes of at least 4 members (excludes halogenated alkanes) is 1. The van der Waals surface area contributed by atoms with Crippen LogP contribution < -0.4 is 0 Å². The Balaban J connectivity index is 2.75. The highest BCUT2D eigenvalue weighted by Crippen LogP contribution is 2.23. The molecule has 0 heterocycles. The fourth-order valence-electron chi connectivity index (χ4n) is 1.78. The summed E-state index contributed by atoms with van der Waals surface area (Å²) >= 11 is 0. The Morgan fingerprint density at radius 2 is 1.94 bits per heavy atom. The molecule has 0 atom stereocenters. The Labute approximate surface area is 98.8 Å². The zero-order chi connectivity index (χ0) is 11.8. The van der Waals surface area contributed by atoms with Gasteiger partial charge in [-0.15, -0.1) is 0 Å². The molecular weight excluding hydrogens is 196 g/mol. The molecule has 0 aliphatic carbocycles. The van der Waals surface area contributed by atoms with Crippen LogP contribution in [0, 0.1) is 5.92 Å². The van der Waals surface area contributed by atoms with E-state index in [0.29, 0.717) is 5.92 Å². The van der Waals surface area contributed by atoms with E-state index in [1.807, 2.05) is 6.07 Å². The van der Waals surface area contributed by atoms with Gasteiger partial charge in [0.25, 0.3) is 0 Å². The van der Waals surface area contributed by atoms with E-state index < -0.39 is 0 Å². The van der Waals surface area contributed by atoms with Crippen molar-refractivity contribution in [2.75, 3.05) is 6.61 Å². The molecule has 0 spiro atoms. The summed E-state index contributed by atoms with van der Waals surface area (Å²) < 4.78 is 0. The first kappa shape index (κ1) is 13.0. The van der Waals surface area contributed by atoms with Crippen molar-refractivity contribution in [1.29, 1.82) is 0 Å². The zero-order valence-electron chi connectivity index (χ0n) is 10.3. The van der Waals surface area contributed by atoms with E-state index in [4.69, 9.17) is 5.11 Å². The van der Waals surface area contributed by atoms with Gasteiger partial charge in [-0.2, -0.15) is 0 Å². The first-order valence-corrected chi connectivity index (χ1v) is 6.09. The first-order chi connectivity index (χ1) is 7.74. The van der Waals surface area contributed by atoms with Crippen LogP contribution in [0.25, 0.3) is 5.57 Å². The minimum Gasteiger partial charge on any atom is -0.396 e. The van der Waals surface area contributed by atoms with Crippen LogP contribution in [0.3, 0.4) is 0 Å². The van der Waals surface area contributed by atoms with Crippen molar-refractivity contribution >= 4 is 5.57 Å². The molecule has 0 bridgehead atoms. The number of aliphatic hydroxyl groups is 1. The second kappa shape index (κ2) is 7.24. The minimum atomic E-state index is 0.278. The third-order valence-electron chi connectivity index (χ3n) is 2.53. The quantitative estimate of drug-likeness (QED) is 0.718. The standard InChI is InChI=1S/C15H22O/c1-13(2)12-15(10-6-7-11-16)14-8-4-3-5-9-14/h3-5,8-10,13,16H,6-7,11-12H2,1-2H3/b15-10+. The molecule has 0 amide bonds. The highest BCUT2D eigenvalue weighted by Gasteiger charge is 2.03. The molecule has 0 radical (unpaired) electrons. The van der Waals surface area contributed by atoms with Crippen molar-refractivity contribution in [2.45, 2.75) is 33.1 Å². The molecule has 1 heteroatoms. The van der Waals surface area contributed by atoms with E-state index in [2.05, 4.69) is 44.2 Å². The largest absolute Gasteiger partial charge is 0.396 e. The van der Waals surface area contributed by atoms with Gasteiger partial charge in [0, 0.05) is 6.61 Å². The predicted octanol–water partition coefficient (Wildman–Crippen LogP) is 3.89. The number of benzene rings is 1. The molecule has 88 valence electrons. The monoisotopic (exact) mass is 218 g/mol. The Morgan fingerprint density at radius 3 is 2.50 bits per heavy atom. The normalized spacial score (nSPS) is 12.1. The maximum absolute atomic E-state index is 8.80. The molecule has 0 aliphatic rings. The fourth-order valence-corrected chi connectivity index (χ4v) is 1.78. The SMILES string of the molecule is CC(C)C/C(=C\CCCO)c1ccccc1. The lowest BCUT2D eigenvalue weighted by Gasteiger charge is -2.10. The predicted molar refractivity (Wildman–Crippen MR) is 70.2 cm³/mol. The first-order valence-electron chi connectivity index (χ1n) is 6.09. The smallest absolute Gasteiger partial charge is 0.0433 e. The third-order valence-corrected chi connectivity index (χ3v) is 2.53. The lowest BCUT2D eigenvalue weighted by molar-refractivity contribution is 0.289. The van der Waals surface area contributed by atoms with Crippen LogP contribution in [0.4, 0.5) is 0 Å². The number of hydrogen-bond acceptors (Lipinski definition) is 1. The maximum Gasteiger partial charge on any atom is 0.0433 e. The molecule has 1 aromatic rings. The van der Waals surface area contributed by atoms with Crippen LogP contribution in [0.15, 0.2) is 36.4 Å². The van der Waals surface area contributed by atoms with E-state index in [1.54, 1.807) is 0 Å². The van der Waals surface area contributed by atoms with Crippen LogP contribution in [0.2, 0.25) is 0 Å². The number of allylic oxidation sites excluding steroid dienone is 2. The summed E-state index contributed by atoms with van der Waals surface area (Å²) in [6.07, 6.45) is 5.20. The molecule has 0 fully saturated rings. The van der Waals surface area contributed by atoms with Crippen molar-refractivity contribution in [3.63, 3.8) is 0 Å². The van der Waals surface area contributed by atoms with Gasteiger partial charge >= 0.3 is 0 Å². The van der Waals surface area contributed by atoms with Gasteiger partial charge in [-0.3, -0.25) is 0 Å². The Hall–Kier alpha value is -1.08. The summed E-state index contributed by atoms with van der Waals surface area (Å²) in [4.78, 5) is 0. The number of hydrogen-bond donors (Lipinski definition) is 1. The molecule has 0 saturated heterocycles. The van der Waals surface area contributed by atoms with Crippen LogP contribution in [0.5, 0.6) is 0 Å². The van der Waals surface area contributed by atoms with Gasteiger partial charge in [0.05, 0.1) is 0 Å². The van der Waals surface area contributed by atoms with Crippen LogP contribution in [0.1, 0.15) is 38.7 Å². The molecule has 1 rings (SSSR count). The summed E-state index contributed by atoms with van der Waals surface area (Å²) in [5.41, 5.74) is 2.72. The van der Waals surface area contributed by atoms with Gasteiger partial charge in [0.1, 0.15) is 0 Å². The van der Waals surface area contributed by atoms with Crippen LogP contribution >= 0.6 is 0 Å². The van der Waals surface area contributed by atoms with Gasteiger partial charge in [-0.1, -0.05) is 50.3 Å². The summed E-state index contributed by atoms with van der Waals surface area (Å²) in [7, 11) is 0. The van der Waals surface area contributed by atoms with Gasteiger partial charge < -0.3 is 5.11 Å². The van der Waals surface area contributed by atoms with E-state index in [9.17, 15) is 0 Å². The van der Waals surface area contributed by atoms with Crippen molar-refractivity contribution in [3.8, 4) is 0 Å². The highest BCUT2D eigenvalue weighted by molar-refractivity contribution is 5.65. The Bertz CT molecular complexity index is 311. The van der Waals surface area contributed by atoms with E-state index >= 15 is 0 Å². The molecule has 1 aromatic carbocycles. The van der Waals surface area contributed by atoms with Crippen LogP contribution in [-0.4, -0.2) is 11.7 Å². The minimum absolute atomic E-state index is 0.278. The average Bonchev–Trinajstić information content (AvgIpc) is 2.29. The molecule has 0 saturated carbocycles. The van der Waals surface area contributed by atoms with Gasteiger partial charge in [-0.25, -0.2) is 0 Å². The van der Waals surface area contributed by atoms with E-state index in [0.717, 1.165) is 19.3 Å². The average molecular weight is 218 g/mol. The lowest BCUT2D eigenvalue weighted by atomic mass is 9.95.